The van der Waals surface area contributed by atoms with Gasteiger partial charge < -0.3 is 9.84 Å². The quantitative estimate of drug-likeness (QED) is 0.817. The Kier molecular flexibility index (Phi) is 5.01. The largest absolute Gasteiger partial charge is 0.481 e. The first-order valence-corrected chi connectivity index (χ1v) is 7.19. The molecule has 0 radical (unpaired) electrons. The Bertz CT molecular complexity index is 282. The molecule has 104 valence electrons. The van der Waals surface area contributed by atoms with Gasteiger partial charge in [-0.15, -0.1) is 0 Å². The molecule has 1 saturated heterocycles. The summed E-state index contributed by atoms with van der Waals surface area (Å²) in [5, 5.41) is 8.73. The van der Waals surface area contributed by atoms with E-state index in [9.17, 15) is 4.79 Å². The number of hydrogen-bond donors (Lipinski definition) is 1. The van der Waals surface area contributed by atoms with Crippen LogP contribution in [0.1, 0.15) is 44.9 Å². The van der Waals surface area contributed by atoms with Crippen LogP contribution in [-0.2, 0) is 9.53 Å². The number of hydrogen-bond acceptors (Lipinski definition) is 3. The molecule has 0 spiro atoms. The first-order valence-electron chi connectivity index (χ1n) is 7.19. The van der Waals surface area contributed by atoms with Crippen LogP contribution in [0.3, 0.4) is 0 Å². The van der Waals surface area contributed by atoms with E-state index < -0.39 is 5.97 Å². The molecule has 2 fully saturated rings. The molecule has 2 aliphatic rings. The Hall–Kier alpha value is -0.610. The highest BCUT2D eigenvalue weighted by atomic mass is 16.5. The number of carbonyl (C=O) groups is 1. The van der Waals surface area contributed by atoms with Gasteiger partial charge in [0.1, 0.15) is 0 Å². The van der Waals surface area contributed by atoms with Gasteiger partial charge >= 0.3 is 5.97 Å². The average molecular weight is 255 g/mol. The second-order valence-corrected chi connectivity index (χ2v) is 5.71. The molecule has 0 aromatic carbocycles. The van der Waals surface area contributed by atoms with E-state index in [0.717, 1.165) is 25.9 Å². The zero-order valence-electron chi connectivity index (χ0n) is 11.3. The summed E-state index contributed by atoms with van der Waals surface area (Å²) in [6, 6.07) is 0.568. The second kappa shape index (κ2) is 6.53. The first kappa shape index (κ1) is 13.8. The molecule has 4 nitrogen and oxygen atoms in total. The van der Waals surface area contributed by atoms with Crippen molar-refractivity contribution < 1.29 is 14.6 Å². The third kappa shape index (κ3) is 3.45. The van der Waals surface area contributed by atoms with Gasteiger partial charge in [-0.1, -0.05) is 12.8 Å². The van der Waals surface area contributed by atoms with E-state index in [0.29, 0.717) is 24.5 Å². The smallest absolute Gasteiger partial charge is 0.303 e. The molecule has 4 heteroatoms. The number of carboxylic acids is 1. The van der Waals surface area contributed by atoms with Gasteiger partial charge in [0, 0.05) is 26.1 Å². The van der Waals surface area contributed by atoms with Gasteiger partial charge in [0.05, 0.1) is 6.10 Å². The van der Waals surface area contributed by atoms with Crippen molar-refractivity contribution in [3.8, 4) is 0 Å². The van der Waals surface area contributed by atoms with Crippen LogP contribution >= 0.6 is 0 Å². The molecule has 1 aliphatic carbocycles. The standard InChI is InChI=1S/C14H25NO3/c1-18-13-5-3-2-4-12(13)15-9-8-11(10-15)6-7-14(16)17/h11-13H,2-10H2,1H3,(H,16,17). The van der Waals surface area contributed by atoms with Crippen molar-refractivity contribution >= 4 is 5.97 Å². The van der Waals surface area contributed by atoms with E-state index in [1.165, 1.54) is 25.7 Å². The summed E-state index contributed by atoms with van der Waals surface area (Å²) in [5.41, 5.74) is 0. The SMILES string of the molecule is COC1CCCCC1N1CCC(CCC(=O)O)C1. The molecule has 1 heterocycles. The summed E-state index contributed by atoms with van der Waals surface area (Å²) in [4.78, 5) is 13.1. The van der Waals surface area contributed by atoms with E-state index in [-0.39, 0.29) is 0 Å². The lowest BCUT2D eigenvalue weighted by atomic mass is 9.91. The summed E-state index contributed by atoms with van der Waals surface area (Å²) in [7, 11) is 1.82. The molecule has 3 atom stereocenters. The zero-order chi connectivity index (χ0) is 13.0. The van der Waals surface area contributed by atoms with Gasteiger partial charge in [-0.25, -0.2) is 0 Å². The molecular weight excluding hydrogens is 230 g/mol. The van der Waals surface area contributed by atoms with Crippen molar-refractivity contribution in [2.75, 3.05) is 20.2 Å². The fourth-order valence-corrected chi connectivity index (χ4v) is 3.50. The molecule has 1 saturated carbocycles. The van der Waals surface area contributed by atoms with Crippen molar-refractivity contribution in [2.45, 2.75) is 57.1 Å². The Balaban J connectivity index is 1.81. The predicted octanol–water partition coefficient (Wildman–Crippen LogP) is 2.13. The van der Waals surface area contributed by atoms with E-state index in [4.69, 9.17) is 9.84 Å². The minimum Gasteiger partial charge on any atom is -0.481 e. The lowest BCUT2D eigenvalue weighted by Crippen LogP contribution is -2.45. The maximum Gasteiger partial charge on any atom is 0.303 e. The fraction of sp³-hybridized carbons (Fsp3) is 0.929. The minimum absolute atomic E-state index is 0.316. The van der Waals surface area contributed by atoms with Crippen LogP contribution in [0.5, 0.6) is 0 Å². The maximum absolute atomic E-state index is 10.6. The molecule has 18 heavy (non-hydrogen) atoms. The van der Waals surface area contributed by atoms with Gasteiger partial charge in [0.15, 0.2) is 0 Å². The highest BCUT2D eigenvalue weighted by molar-refractivity contribution is 5.66. The zero-order valence-corrected chi connectivity index (χ0v) is 11.3. The highest BCUT2D eigenvalue weighted by Gasteiger charge is 2.34. The summed E-state index contributed by atoms with van der Waals surface area (Å²) >= 11 is 0. The molecule has 1 aliphatic heterocycles. The predicted molar refractivity (Wildman–Crippen MR) is 69.6 cm³/mol. The van der Waals surface area contributed by atoms with Crippen molar-refractivity contribution in [1.82, 2.24) is 4.90 Å². The molecule has 0 amide bonds. The van der Waals surface area contributed by atoms with Crippen molar-refractivity contribution in [3.63, 3.8) is 0 Å². The summed E-state index contributed by atoms with van der Waals surface area (Å²) in [6.07, 6.45) is 7.69. The van der Waals surface area contributed by atoms with Crippen molar-refractivity contribution in [3.05, 3.63) is 0 Å². The molecule has 0 aromatic heterocycles. The summed E-state index contributed by atoms with van der Waals surface area (Å²) in [5.74, 6) is -0.0959. The van der Waals surface area contributed by atoms with E-state index in [1.807, 2.05) is 7.11 Å². The third-order valence-electron chi connectivity index (χ3n) is 4.52. The van der Waals surface area contributed by atoms with Crippen LogP contribution in [0, 0.1) is 5.92 Å². The molecular formula is C14H25NO3. The van der Waals surface area contributed by atoms with Crippen LogP contribution in [0.4, 0.5) is 0 Å². The Morgan fingerprint density at radius 3 is 2.83 bits per heavy atom. The molecule has 3 unspecified atom stereocenters. The number of likely N-dealkylation sites (tertiary alicyclic amines) is 1. The number of carboxylic acid groups (broad SMARTS) is 1. The molecule has 0 aromatic rings. The first-order chi connectivity index (χ1) is 8.70. The number of rotatable bonds is 5. The second-order valence-electron chi connectivity index (χ2n) is 5.71. The summed E-state index contributed by atoms with van der Waals surface area (Å²) in [6.45, 7) is 2.19. The maximum atomic E-state index is 10.6. The molecule has 0 bridgehead atoms. The minimum atomic E-state index is -0.666. The van der Waals surface area contributed by atoms with Crippen molar-refractivity contribution in [2.24, 2.45) is 5.92 Å². The lowest BCUT2D eigenvalue weighted by Gasteiger charge is -2.37. The molecule has 1 N–H and O–H groups in total. The van der Waals surface area contributed by atoms with Crippen LogP contribution in [0.2, 0.25) is 0 Å². The molecule has 2 rings (SSSR count). The average Bonchev–Trinajstić information content (AvgIpc) is 2.85. The van der Waals surface area contributed by atoms with Gasteiger partial charge in [-0.2, -0.15) is 0 Å². The van der Waals surface area contributed by atoms with Crippen LogP contribution < -0.4 is 0 Å². The number of aliphatic carboxylic acids is 1. The normalized spacial score (nSPS) is 33.7. The summed E-state index contributed by atoms with van der Waals surface area (Å²) < 4.78 is 5.61. The lowest BCUT2D eigenvalue weighted by molar-refractivity contribution is -0.137. The highest BCUT2D eigenvalue weighted by Crippen LogP contribution is 2.30. The van der Waals surface area contributed by atoms with E-state index in [1.54, 1.807) is 0 Å². The topological polar surface area (TPSA) is 49.8 Å². The fourth-order valence-electron chi connectivity index (χ4n) is 3.50. The van der Waals surface area contributed by atoms with Gasteiger partial charge in [-0.3, -0.25) is 9.69 Å². The van der Waals surface area contributed by atoms with E-state index >= 15 is 0 Å². The van der Waals surface area contributed by atoms with E-state index in [2.05, 4.69) is 4.90 Å². The Labute approximate surface area is 109 Å². The number of ether oxygens (including phenoxy) is 1. The van der Waals surface area contributed by atoms with Gasteiger partial charge in [-0.05, 0) is 38.1 Å². The van der Waals surface area contributed by atoms with Crippen molar-refractivity contribution in [1.29, 1.82) is 0 Å². The van der Waals surface area contributed by atoms with Gasteiger partial charge in [0.2, 0.25) is 0 Å². The van der Waals surface area contributed by atoms with Gasteiger partial charge in [0.25, 0.3) is 0 Å². The monoisotopic (exact) mass is 255 g/mol. The van der Waals surface area contributed by atoms with Crippen LogP contribution in [0.15, 0.2) is 0 Å². The Morgan fingerprint density at radius 1 is 1.33 bits per heavy atom. The third-order valence-corrected chi connectivity index (χ3v) is 4.52. The number of nitrogens with zero attached hydrogens (tertiary/aromatic N) is 1. The Morgan fingerprint density at radius 2 is 2.11 bits per heavy atom. The van der Waals surface area contributed by atoms with Crippen LogP contribution in [0.25, 0.3) is 0 Å². The number of methoxy groups -OCH3 is 1. The van der Waals surface area contributed by atoms with Crippen LogP contribution in [-0.4, -0.2) is 48.3 Å².